The summed E-state index contributed by atoms with van der Waals surface area (Å²) in [5.74, 6) is -1.58. The minimum atomic E-state index is -0.666. The zero-order valence-corrected chi connectivity index (χ0v) is 12.2. The predicted molar refractivity (Wildman–Crippen MR) is 72.7 cm³/mol. The molecule has 1 heterocycles. The second-order valence-corrected chi connectivity index (χ2v) is 5.88. The molecule has 0 fully saturated rings. The van der Waals surface area contributed by atoms with Crippen LogP contribution in [-0.2, 0) is 7.05 Å². The van der Waals surface area contributed by atoms with Crippen LogP contribution in [0.15, 0.2) is 6.07 Å². The number of halogens is 2. The minimum Gasteiger partial charge on any atom is -0.482 e. The first-order valence-corrected chi connectivity index (χ1v) is 6.26. The van der Waals surface area contributed by atoms with Crippen molar-refractivity contribution in [2.45, 2.75) is 40.2 Å². The van der Waals surface area contributed by atoms with Crippen molar-refractivity contribution in [2.24, 2.45) is 7.05 Å². The molecule has 0 bridgehead atoms. The van der Waals surface area contributed by atoms with Crippen LogP contribution < -0.4 is 4.74 Å². The number of hydrogen-bond donors (Lipinski definition) is 0. The molecule has 0 saturated heterocycles. The van der Waals surface area contributed by atoms with Crippen molar-refractivity contribution >= 4 is 10.9 Å². The molecule has 0 radical (unpaired) electrons. The van der Waals surface area contributed by atoms with Crippen LogP contribution in [0.1, 0.15) is 32.0 Å². The van der Waals surface area contributed by atoms with Gasteiger partial charge >= 0.3 is 0 Å². The van der Waals surface area contributed by atoms with Crippen LogP contribution in [0.4, 0.5) is 8.78 Å². The van der Waals surface area contributed by atoms with Gasteiger partial charge in [0.2, 0.25) is 0 Å². The van der Waals surface area contributed by atoms with Gasteiger partial charge in [0.05, 0.1) is 5.52 Å². The summed E-state index contributed by atoms with van der Waals surface area (Å²) in [5, 5.41) is 0.431. The van der Waals surface area contributed by atoms with Gasteiger partial charge in [0.25, 0.3) is 0 Å². The maximum atomic E-state index is 14.5. The van der Waals surface area contributed by atoms with E-state index in [-0.39, 0.29) is 5.75 Å². The molecule has 1 aromatic heterocycles. The van der Waals surface area contributed by atoms with Gasteiger partial charge in [-0.3, -0.25) is 0 Å². The van der Waals surface area contributed by atoms with Crippen LogP contribution >= 0.6 is 0 Å². The molecule has 19 heavy (non-hydrogen) atoms. The Morgan fingerprint density at radius 3 is 2.26 bits per heavy atom. The first kappa shape index (κ1) is 13.8. The maximum absolute atomic E-state index is 14.5. The first-order valence-electron chi connectivity index (χ1n) is 6.26. The van der Waals surface area contributed by atoms with E-state index in [1.807, 2.05) is 13.8 Å². The molecule has 0 aliphatic carbocycles. The molecular formula is C15H19F2NO. The molecule has 4 heteroatoms. The van der Waals surface area contributed by atoms with Crippen LogP contribution in [0.2, 0.25) is 0 Å². The number of fused-ring (bicyclic) bond motifs is 1. The van der Waals surface area contributed by atoms with E-state index in [9.17, 15) is 8.78 Å². The van der Waals surface area contributed by atoms with Crippen LogP contribution in [0.25, 0.3) is 10.9 Å². The summed E-state index contributed by atoms with van der Waals surface area (Å²) in [6.45, 7) is 9.01. The second-order valence-electron chi connectivity index (χ2n) is 5.88. The average molecular weight is 267 g/mol. The van der Waals surface area contributed by atoms with Gasteiger partial charge < -0.3 is 9.30 Å². The highest BCUT2D eigenvalue weighted by atomic mass is 19.1. The van der Waals surface area contributed by atoms with Gasteiger partial charge in [-0.15, -0.1) is 0 Å². The van der Waals surface area contributed by atoms with Gasteiger partial charge in [0, 0.05) is 24.2 Å². The predicted octanol–water partition coefficient (Wildman–Crippen LogP) is 4.25. The highest BCUT2D eigenvalue weighted by Gasteiger charge is 2.24. The third-order valence-electron chi connectivity index (χ3n) is 3.35. The molecule has 0 aliphatic heterocycles. The van der Waals surface area contributed by atoms with Gasteiger partial charge in [0.15, 0.2) is 17.4 Å². The summed E-state index contributed by atoms with van der Waals surface area (Å²) in [4.78, 5) is 0. The topological polar surface area (TPSA) is 14.2 Å². The van der Waals surface area contributed by atoms with Gasteiger partial charge in [-0.25, -0.2) is 8.78 Å². The van der Waals surface area contributed by atoms with Crippen molar-refractivity contribution in [3.63, 3.8) is 0 Å². The van der Waals surface area contributed by atoms with Gasteiger partial charge in [-0.1, -0.05) is 0 Å². The van der Waals surface area contributed by atoms with E-state index in [1.165, 1.54) is 6.07 Å². The molecule has 2 nitrogen and oxygen atoms in total. The Bertz CT molecular complexity index is 651. The fourth-order valence-electron chi connectivity index (χ4n) is 2.22. The Labute approximate surface area is 112 Å². The molecular weight excluding hydrogens is 248 g/mol. The summed E-state index contributed by atoms with van der Waals surface area (Å²) in [6.07, 6.45) is 0. The molecule has 0 atom stereocenters. The number of rotatable bonds is 1. The van der Waals surface area contributed by atoms with Crippen LogP contribution in [0.3, 0.4) is 0 Å². The Hall–Kier alpha value is -1.58. The third kappa shape index (κ3) is 2.20. The van der Waals surface area contributed by atoms with Crippen LogP contribution in [0, 0.1) is 25.5 Å². The minimum absolute atomic E-state index is 0.297. The molecule has 0 saturated carbocycles. The lowest BCUT2D eigenvalue weighted by molar-refractivity contribution is 0.118. The Balaban J connectivity index is 2.79. The number of benzene rings is 1. The number of nitrogens with zero attached hydrogens (tertiary/aromatic N) is 1. The lowest BCUT2D eigenvalue weighted by Crippen LogP contribution is -2.24. The largest absolute Gasteiger partial charge is 0.482 e. The molecule has 0 aliphatic rings. The highest BCUT2D eigenvalue weighted by molar-refractivity contribution is 5.87. The smallest absolute Gasteiger partial charge is 0.192 e. The Morgan fingerprint density at radius 1 is 1.16 bits per heavy atom. The number of aryl methyl sites for hydroxylation is 2. The summed E-state index contributed by atoms with van der Waals surface area (Å²) in [5.41, 5.74) is 1.63. The molecule has 1 aromatic carbocycles. The fraction of sp³-hybridized carbons (Fsp3) is 0.467. The van der Waals surface area contributed by atoms with E-state index < -0.39 is 17.2 Å². The van der Waals surface area contributed by atoms with Crippen molar-refractivity contribution in [1.29, 1.82) is 0 Å². The first-order chi connectivity index (χ1) is 8.63. The van der Waals surface area contributed by atoms with E-state index in [4.69, 9.17) is 4.74 Å². The third-order valence-corrected chi connectivity index (χ3v) is 3.35. The number of ether oxygens (including phenoxy) is 1. The summed E-state index contributed by atoms with van der Waals surface area (Å²) in [7, 11) is 1.80. The quantitative estimate of drug-likeness (QED) is 0.753. The molecule has 0 unspecified atom stereocenters. The van der Waals surface area contributed by atoms with Crippen LogP contribution in [-0.4, -0.2) is 10.2 Å². The molecule has 2 aromatic rings. The van der Waals surface area contributed by atoms with Crippen molar-refractivity contribution in [1.82, 2.24) is 4.57 Å². The van der Waals surface area contributed by atoms with Crippen molar-refractivity contribution in [3.8, 4) is 5.75 Å². The highest BCUT2D eigenvalue weighted by Crippen LogP contribution is 2.35. The maximum Gasteiger partial charge on any atom is 0.192 e. The van der Waals surface area contributed by atoms with Gasteiger partial charge in [0.1, 0.15) is 5.60 Å². The number of hydrogen-bond acceptors (Lipinski definition) is 1. The zero-order chi connectivity index (χ0) is 14.5. The van der Waals surface area contributed by atoms with E-state index in [1.54, 1.807) is 32.4 Å². The molecule has 104 valence electrons. The Kier molecular flexibility index (Phi) is 3.07. The second kappa shape index (κ2) is 4.22. The molecule has 0 N–H and O–H groups in total. The van der Waals surface area contributed by atoms with Crippen LogP contribution in [0.5, 0.6) is 5.75 Å². The molecule has 2 rings (SSSR count). The van der Waals surface area contributed by atoms with Crippen molar-refractivity contribution in [2.75, 3.05) is 0 Å². The van der Waals surface area contributed by atoms with E-state index in [2.05, 4.69) is 0 Å². The van der Waals surface area contributed by atoms with E-state index in [0.717, 1.165) is 11.3 Å². The summed E-state index contributed by atoms with van der Waals surface area (Å²) in [6, 6.07) is 1.33. The summed E-state index contributed by atoms with van der Waals surface area (Å²) >= 11 is 0. The molecule has 0 spiro atoms. The van der Waals surface area contributed by atoms with Crippen molar-refractivity contribution < 1.29 is 13.5 Å². The average Bonchev–Trinajstić information content (AvgIpc) is 2.48. The fourth-order valence-corrected chi connectivity index (χ4v) is 2.22. The lowest BCUT2D eigenvalue weighted by Gasteiger charge is -2.22. The number of aromatic nitrogens is 1. The zero-order valence-electron chi connectivity index (χ0n) is 12.2. The molecule has 0 amide bonds. The lowest BCUT2D eigenvalue weighted by atomic mass is 10.1. The standard InChI is InChI=1S/C15H19F2NO/c1-8-9(2)18(6)11-7-10(16)14(13(17)12(8)11)19-15(3,4)5/h7H,1-6H3. The van der Waals surface area contributed by atoms with Crippen molar-refractivity contribution in [3.05, 3.63) is 29.0 Å². The van der Waals surface area contributed by atoms with E-state index in [0.29, 0.717) is 10.9 Å². The van der Waals surface area contributed by atoms with Gasteiger partial charge in [-0.2, -0.15) is 0 Å². The van der Waals surface area contributed by atoms with E-state index >= 15 is 0 Å². The Morgan fingerprint density at radius 2 is 1.74 bits per heavy atom. The van der Waals surface area contributed by atoms with Gasteiger partial charge in [-0.05, 0) is 40.2 Å². The monoisotopic (exact) mass is 267 g/mol. The summed E-state index contributed by atoms with van der Waals surface area (Å²) < 4.78 is 35.8. The normalized spacial score (nSPS) is 12.2. The SMILES string of the molecule is Cc1c(C)n(C)c2cc(F)c(OC(C)(C)C)c(F)c12.